The van der Waals surface area contributed by atoms with Crippen LogP contribution in [0.15, 0.2) is 43.0 Å². The number of rotatable bonds is 6. The quantitative estimate of drug-likeness (QED) is 0.770. The summed E-state index contributed by atoms with van der Waals surface area (Å²) in [7, 11) is 0. The molecule has 0 aliphatic rings. The Labute approximate surface area is 104 Å². The van der Waals surface area contributed by atoms with Gasteiger partial charge in [0, 0.05) is 0 Å². The molecule has 0 aliphatic carbocycles. The van der Waals surface area contributed by atoms with Crippen LogP contribution in [-0.4, -0.2) is 23.9 Å². The van der Waals surface area contributed by atoms with Crippen molar-refractivity contribution in [2.24, 2.45) is 0 Å². The van der Waals surface area contributed by atoms with Gasteiger partial charge in [-0.1, -0.05) is 36.4 Å². The molecule has 0 fully saturated rings. The molecular formula is C13H16F3NO. The number of halogens is 3. The first-order valence-electron chi connectivity index (χ1n) is 5.58. The summed E-state index contributed by atoms with van der Waals surface area (Å²) in [4.78, 5) is 0. The van der Waals surface area contributed by atoms with Crippen LogP contribution >= 0.6 is 0 Å². The molecule has 18 heavy (non-hydrogen) atoms. The van der Waals surface area contributed by atoms with Gasteiger partial charge in [-0.25, -0.2) is 0 Å². The van der Waals surface area contributed by atoms with Gasteiger partial charge in [0.1, 0.15) is 6.04 Å². The summed E-state index contributed by atoms with van der Waals surface area (Å²) in [6.45, 7) is 2.92. The van der Waals surface area contributed by atoms with Crippen LogP contribution in [0, 0.1) is 0 Å². The van der Waals surface area contributed by atoms with Gasteiger partial charge in [0.2, 0.25) is 0 Å². The Bertz CT molecular complexity index is 364. The zero-order valence-electron chi connectivity index (χ0n) is 9.82. The number of nitrogens with one attached hydrogen (secondary N) is 1. The minimum Gasteiger partial charge on any atom is -0.394 e. The van der Waals surface area contributed by atoms with Gasteiger partial charge < -0.3 is 5.11 Å². The van der Waals surface area contributed by atoms with Gasteiger partial charge >= 0.3 is 6.18 Å². The number of hydrogen-bond acceptors (Lipinski definition) is 2. The summed E-state index contributed by atoms with van der Waals surface area (Å²) in [5.41, 5.74) is 0.623. The average Bonchev–Trinajstić information content (AvgIpc) is 2.34. The third-order valence-electron chi connectivity index (χ3n) is 2.58. The van der Waals surface area contributed by atoms with E-state index in [9.17, 15) is 18.3 Å². The highest BCUT2D eigenvalue weighted by molar-refractivity contribution is 5.19. The Balaban J connectivity index is 2.80. The summed E-state index contributed by atoms with van der Waals surface area (Å²) in [5.74, 6) is 0. The fraction of sp³-hybridized carbons (Fsp3) is 0.385. The first kappa shape index (κ1) is 14.7. The second kappa shape index (κ2) is 6.56. The molecule has 2 nitrogen and oxygen atoms in total. The van der Waals surface area contributed by atoms with Crippen LogP contribution in [0.1, 0.15) is 18.0 Å². The standard InChI is InChI=1S/C13H16F3NO/c1-2-6-12(13(14,15)16)17-11(9-18)10-7-4-3-5-8-10/h2-5,7-8,11-12,17-18H,1,6,9H2/t11-,12-/m0/s1. The van der Waals surface area contributed by atoms with E-state index in [0.29, 0.717) is 5.56 Å². The van der Waals surface area contributed by atoms with E-state index in [-0.39, 0.29) is 6.42 Å². The largest absolute Gasteiger partial charge is 0.404 e. The molecule has 0 amide bonds. The van der Waals surface area contributed by atoms with Crippen molar-refractivity contribution in [3.05, 3.63) is 48.6 Å². The predicted octanol–water partition coefficient (Wildman–Crippen LogP) is 2.82. The number of alkyl halides is 3. The maximum absolute atomic E-state index is 12.7. The lowest BCUT2D eigenvalue weighted by Gasteiger charge is -2.26. The summed E-state index contributed by atoms with van der Waals surface area (Å²) in [5, 5.41) is 11.6. The number of aliphatic hydroxyl groups excluding tert-OH is 1. The minimum absolute atomic E-state index is 0.229. The first-order chi connectivity index (χ1) is 8.49. The summed E-state index contributed by atoms with van der Waals surface area (Å²) < 4.78 is 38.2. The van der Waals surface area contributed by atoms with Gasteiger partial charge in [-0.2, -0.15) is 13.2 Å². The van der Waals surface area contributed by atoms with E-state index in [1.807, 2.05) is 0 Å². The molecule has 2 atom stereocenters. The van der Waals surface area contributed by atoms with Crippen molar-refractivity contribution in [1.82, 2.24) is 5.32 Å². The molecule has 100 valence electrons. The van der Waals surface area contributed by atoms with Crippen LogP contribution in [0.25, 0.3) is 0 Å². The Morgan fingerprint density at radius 2 is 1.89 bits per heavy atom. The van der Waals surface area contributed by atoms with E-state index in [1.54, 1.807) is 30.3 Å². The molecule has 1 aromatic rings. The SMILES string of the molecule is C=CC[C@H](N[C@@H](CO)c1ccccc1)C(F)(F)F. The van der Waals surface area contributed by atoms with E-state index < -0.39 is 24.9 Å². The van der Waals surface area contributed by atoms with Crippen LogP contribution in [0.4, 0.5) is 13.2 Å². The fourth-order valence-electron chi connectivity index (χ4n) is 1.65. The third-order valence-corrected chi connectivity index (χ3v) is 2.58. The fourth-order valence-corrected chi connectivity index (χ4v) is 1.65. The van der Waals surface area contributed by atoms with Crippen LogP contribution in [-0.2, 0) is 0 Å². The van der Waals surface area contributed by atoms with Gasteiger partial charge in [0.15, 0.2) is 0 Å². The lowest BCUT2D eigenvalue weighted by molar-refractivity contribution is -0.157. The van der Waals surface area contributed by atoms with E-state index >= 15 is 0 Å². The lowest BCUT2D eigenvalue weighted by Crippen LogP contribution is -2.44. The van der Waals surface area contributed by atoms with Gasteiger partial charge in [-0.05, 0) is 12.0 Å². The van der Waals surface area contributed by atoms with E-state index in [1.165, 1.54) is 6.08 Å². The normalized spacial score (nSPS) is 15.1. The van der Waals surface area contributed by atoms with Gasteiger partial charge in [0.05, 0.1) is 12.6 Å². The van der Waals surface area contributed by atoms with Crippen LogP contribution < -0.4 is 5.32 Å². The van der Waals surface area contributed by atoms with Crippen molar-refractivity contribution >= 4 is 0 Å². The molecule has 0 heterocycles. The van der Waals surface area contributed by atoms with Crippen LogP contribution in [0.2, 0.25) is 0 Å². The van der Waals surface area contributed by atoms with E-state index in [0.717, 1.165) is 0 Å². The van der Waals surface area contributed by atoms with Crippen molar-refractivity contribution in [2.45, 2.75) is 24.7 Å². The topological polar surface area (TPSA) is 32.3 Å². The Hall–Kier alpha value is -1.33. The molecule has 1 rings (SSSR count). The summed E-state index contributed by atoms with van der Waals surface area (Å²) >= 11 is 0. The molecule has 0 saturated heterocycles. The van der Waals surface area contributed by atoms with Crippen LogP contribution in [0.3, 0.4) is 0 Å². The molecule has 0 unspecified atom stereocenters. The van der Waals surface area contributed by atoms with E-state index in [2.05, 4.69) is 11.9 Å². The zero-order chi connectivity index (χ0) is 13.6. The van der Waals surface area contributed by atoms with Crippen molar-refractivity contribution in [1.29, 1.82) is 0 Å². The van der Waals surface area contributed by atoms with Gasteiger partial charge in [-0.3, -0.25) is 5.32 Å². The van der Waals surface area contributed by atoms with Gasteiger partial charge in [0.25, 0.3) is 0 Å². The third kappa shape index (κ3) is 4.16. The first-order valence-corrected chi connectivity index (χ1v) is 5.58. The molecule has 0 aliphatic heterocycles. The molecule has 0 saturated carbocycles. The molecule has 2 N–H and O–H groups in total. The Morgan fingerprint density at radius 1 is 1.28 bits per heavy atom. The highest BCUT2D eigenvalue weighted by Crippen LogP contribution is 2.25. The predicted molar refractivity (Wildman–Crippen MR) is 64.1 cm³/mol. The number of hydrogen-bond donors (Lipinski definition) is 2. The molecule has 1 aromatic carbocycles. The zero-order valence-corrected chi connectivity index (χ0v) is 9.82. The van der Waals surface area contributed by atoms with Crippen molar-refractivity contribution in [3.8, 4) is 0 Å². The average molecular weight is 259 g/mol. The molecule has 5 heteroatoms. The molecule has 0 spiro atoms. The maximum atomic E-state index is 12.7. The highest BCUT2D eigenvalue weighted by Gasteiger charge is 2.39. The van der Waals surface area contributed by atoms with Gasteiger partial charge in [-0.15, -0.1) is 6.58 Å². The number of benzene rings is 1. The second-order valence-electron chi connectivity index (χ2n) is 3.93. The summed E-state index contributed by atoms with van der Waals surface area (Å²) in [6.07, 6.45) is -3.38. The van der Waals surface area contributed by atoms with E-state index in [4.69, 9.17) is 0 Å². The molecule has 0 aromatic heterocycles. The smallest absolute Gasteiger partial charge is 0.394 e. The highest BCUT2D eigenvalue weighted by atomic mass is 19.4. The maximum Gasteiger partial charge on any atom is 0.404 e. The monoisotopic (exact) mass is 259 g/mol. The molecular weight excluding hydrogens is 243 g/mol. The minimum atomic E-state index is -4.36. The van der Waals surface area contributed by atoms with Crippen LogP contribution in [0.5, 0.6) is 0 Å². The van der Waals surface area contributed by atoms with Crippen molar-refractivity contribution < 1.29 is 18.3 Å². The van der Waals surface area contributed by atoms with Crippen molar-refractivity contribution in [3.63, 3.8) is 0 Å². The summed E-state index contributed by atoms with van der Waals surface area (Å²) in [6, 6.07) is 6.11. The lowest BCUT2D eigenvalue weighted by atomic mass is 10.1. The molecule has 0 radical (unpaired) electrons. The second-order valence-corrected chi connectivity index (χ2v) is 3.93. The van der Waals surface area contributed by atoms with Crippen molar-refractivity contribution in [2.75, 3.05) is 6.61 Å². The number of aliphatic hydroxyl groups is 1. The Kier molecular flexibility index (Phi) is 5.37. The molecule has 0 bridgehead atoms. The Morgan fingerprint density at radius 3 is 2.33 bits per heavy atom.